The molecular formula is C21H34N2O7. The molecule has 170 valence electrons. The molecule has 9 heteroatoms. The van der Waals surface area contributed by atoms with Gasteiger partial charge in [-0.15, -0.1) is 0 Å². The van der Waals surface area contributed by atoms with E-state index < -0.39 is 30.2 Å². The summed E-state index contributed by atoms with van der Waals surface area (Å²) < 4.78 is 8.15. The van der Waals surface area contributed by atoms with Crippen LogP contribution in [0, 0.1) is 18.8 Å². The third kappa shape index (κ3) is 5.39. The number of aliphatic hydroxyl groups excluding tert-OH is 4. The van der Waals surface area contributed by atoms with E-state index in [0.717, 1.165) is 25.7 Å². The average Bonchev–Trinajstić information content (AvgIpc) is 3.35. The molecule has 2 aliphatic rings. The molecular weight excluding hydrogens is 392 g/mol. The van der Waals surface area contributed by atoms with Gasteiger partial charge in [-0.1, -0.05) is 19.3 Å². The van der Waals surface area contributed by atoms with Crippen molar-refractivity contribution in [2.75, 3.05) is 13.2 Å². The maximum Gasteiger partial charge on any atom is 0.333 e. The van der Waals surface area contributed by atoms with E-state index in [9.17, 15) is 24.9 Å². The van der Waals surface area contributed by atoms with Crippen molar-refractivity contribution in [2.45, 2.75) is 83.0 Å². The summed E-state index contributed by atoms with van der Waals surface area (Å²) in [5.74, 6) is 1.11. The van der Waals surface area contributed by atoms with E-state index in [-0.39, 0.29) is 25.2 Å². The van der Waals surface area contributed by atoms with Crippen molar-refractivity contribution in [2.24, 2.45) is 11.8 Å². The smallest absolute Gasteiger partial charge is 0.333 e. The topological polar surface area (TPSA) is 134 Å². The minimum Gasteiger partial charge on any atom is -0.394 e. The van der Waals surface area contributed by atoms with Crippen molar-refractivity contribution < 1.29 is 25.2 Å². The van der Waals surface area contributed by atoms with Crippen LogP contribution in [0.5, 0.6) is 0 Å². The van der Waals surface area contributed by atoms with Crippen LogP contribution in [0.1, 0.15) is 56.7 Å². The maximum atomic E-state index is 12.8. The Morgan fingerprint density at radius 3 is 2.60 bits per heavy atom. The van der Waals surface area contributed by atoms with Crippen LogP contribution >= 0.6 is 0 Å². The van der Waals surface area contributed by atoms with Gasteiger partial charge in [0.1, 0.15) is 12.3 Å². The van der Waals surface area contributed by atoms with Crippen LogP contribution in [0.3, 0.4) is 0 Å². The second-order valence-corrected chi connectivity index (χ2v) is 8.75. The van der Waals surface area contributed by atoms with Crippen LogP contribution in [0.4, 0.5) is 0 Å². The van der Waals surface area contributed by atoms with Crippen molar-refractivity contribution in [1.29, 1.82) is 0 Å². The normalized spacial score (nSPS) is 29.3. The molecule has 3 rings (SSSR count). The van der Waals surface area contributed by atoms with Crippen LogP contribution in [0.25, 0.3) is 0 Å². The highest BCUT2D eigenvalue weighted by Crippen LogP contribution is 2.45. The number of rotatable bonds is 11. The highest BCUT2D eigenvalue weighted by molar-refractivity contribution is 5.04. The lowest BCUT2D eigenvalue weighted by atomic mass is 10.1. The van der Waals surface area contributed by atoms with Gasteiger partial charge >= 0.3 is 5.69 Å². The van der Waals surface area contributed by atoms with E-state index in [1.54, 1.807) is 6.92 Å². The number of aliphatic hydroxyl groups is 4. The summed E-state index contributed by atoms with van der Waals surface area (Å²) >= 11 is 0. The number of ether oxygens (including phenoxy) is 1. The second-order valence-electron chi connectivity index (χ2n) is 8.75. The number of nitrogens with zero attached hydrogens (tertiary/aromatic N) is 2. The monoisotopic (exact) mass is 426 g/mol. The van der Waals surface area contributed by atoms with Crippen molar-refractivity contribution in [1.82, 2.24) is 9.13 Å². The van der Waals surface area contributed by atoms with Crippen LogP contribution in [-0.2, 0) is 11.3 Å². The van der Waals surface area contributed by atoms with Crippen molar-refractivity contribution >= 4 is 0 Å². The lowest BCUT2D eigenvalue weighted by Gasteiger charge is -2.17. The van der Waals surface area contributed by atoms with Crippen LogP contribution in [0.2, 0.25) is 0 Å². The Balaban J connectivity index is 1.52. The lowest BCUT2D eigenvalue weighted by molar-refractivity contribution is -0.0464. The Kier molecular flexibility index (Phi) is 7.86. The van der Waals surface area contributed by atoms with E-state index in [2.05, 4.69) is 0 Å². The number of unbranched alkanes of at least 4 members (excludes halogenated alkanes) is 2. The molecule has 2 heterocycles. The van der Waals surface area contributed by atoms with Gasteiger partial charge in [0, 0.05) is 24.7 Å². The van der Waals surface area contributed by atoms with Gasteiger partial charge in [0.25, 0.3) is 5.56 Å². The van der Waals surface area contributed by atoms with Gasteiger partial charge in [0.2, 0.25) is 0 Å². The van der Waals surface area contributed by atoms with Crippen molar-refractivity contribution in [3.63, 3.8) is 0 Å². The standard InChI is InChI=1S/C21H34N2O7/c1-13-10-23(19-9-17(27)18(12-25)30-19)21(29)22(20(13)28)6-4-2-3-5-14-7-15(14)8-16(26)11-24/h10,14-19,24-27H,2-9,11-12H2,1H3/t14?,15?,16?,17-,18+,19+/m0/s1. The third-order valence-electron chi connectivity index (χ3n) is 6.37. The molecule has 1 saturated heterocycles. The van der Waals surface area contributed by atoms with Gasteiger partial charge in [0.15, 0.2) is 0 Å². The van der Waals surface area contributed by atoms with E-state index in [1.165, 1.54) is 15.3 Å². The Hall–Kier alpha value is -1.52. The molecule has 3 unspecified atom stereocenters. The largest absolute Gasteiger partial charge is 0.394 e. The maximum absolute atomic E-state index is 12.8. The molecule has 1 aromatic heterocycles. The van der Waals surface area contributed by atoms with Gasteiger partial charge in [0.05, 0.1) is 25.4 Å². The Bertz CT molecular complexity index is 821. The molecule has 1 aromatic rings. The van der Waals surface area contributed by atoms with Gasteiger partial charge in [-0.3, -0.25) is 13.9 Å². The van der Waals surface area contributed by atoms with Crippen LogP contribution in [0.15, 0.2) is 15.8 Å². The molecule has 0 radical (unpaired) electrons. The average molecular weight is 427 g/mol. The van der Waals surface area contributed by atoms with Crippen molar-refractivity contribution in [3.05, 3.63) is 32.6 Å². The molecule has 0 bridgehead atoms. The Morgan fingerprint density at radius 1 is 1.17 bits per heavy atom. The minimum absolute atomic E-state index is 0.183. The first-order valence-corrected chi connectivity index (χ1v) is 10.9. The lowest BCUT2D eigenvalue weighted by Crippen LogP contribution is -2.42. The van der Waals surface area contributed by atoms with Gasteiger partial charge in [-0.05, 0) is 38.0 Å². The molecule has 0 aromatic carbocycles. The molecule has 9 nitrogen and oxygen atoms in total. The number of aromatic nitrogens is 2. The predicted octanol–water partition coefficient (Wildman–Crippen LogP) is -0.101. The number of hydrogen-bond donors (Lipinski definition) is 4. The summed E-state index contributed by atoms with van der Waals surface area (Å²) in [6.07, 6.45) is 4.19. The summed E-state index contributed by atoms with van der Waals surface area (Å²) in [7, 11) is 0. The fourth-order valence-corrected chi connectivity index (χ4v) is 4.44. The quantitative estimate of drug-likeness (QED) is 0.363. The first-order valence-electron chi connectivity index (χ1n) is 10.9. The highest BCUT2D eigenvalue weighted by Gasteiger charge is 2.37. The fourth-order valence-electron chi connectivity index (χ4n) is 4.44. The zero-order valence-electron chi connectivity index (χ0n) is 17.5. The van der Waals surface area contributed by atoms with E-state index in [1.807, 2.05) is 0 Å². The van der Waals surface area contributed by atoms with E-state index in [4.69, 9.17) is 9.84 Å². The Morgan fingerprint density at radius 2 is 1.93 bits per heavy atom. The minimum atomic E-state index is -0.850. The van der Waals surface area contributed by atoms with Gasteiger partial charge < -0.3 is 25.2 Å². The highest BCUT2D eigenvalue weighted by atomic mass is 16.5. The molecule has 0 amide bonds. The predicted molar refractivity (Wildman–Crippen MR) is 109 cm³/mol. The molecule has 1 aliphatic carbocycles. The molecule has 30 heavy (non-hydrogen) atoms. The van der Waals surface area contributed by atoms with E-state index >= 15 is 0 Å². The SMILES string of the molecule is Cc1cn([C@H]2C[C@H](O)[C@@H](CO)O2)c(=O)n(CCCCCC2CC2CC(O)CO)c1=O. The summed E-state index contributed by atoms with van der Waals surface area (Å²) in [4.78, 5) is 25.3. The van der Waals surface area contributed by atoms with Crippen LogP contribution in [-0.4, -0.2) is 61.1 Å². The Labute approximate surface area is 175 Å². The summed E-state index contributed by atoms with van der Waals surface area (Å²) in [5.41, 5.74) is -0.334. The van der Waals surface area contributed by atoms with Crippen molar-refractivity contribution in [3.8, 4) is 0 Å². The first kappa shape index (κ1) is 23.1. The summed E-state index contributed by atoms with van der Waals surface area (Å²) in [5, 5.41) is 37.6. The molecule has 6 atom stereocenters. The zero-order chi connectivity index (χ0) is 21.8. The third-order valence-corrected chi connectivity index (χ3v) is 6.37. The van der Waals surface area contributed by atoms with Gasteiger partial charge in [-0.25, -0.2) is 4.79 Å². The van der Waals surface area contributed by atoms with E-state index in [0.29, 0.717) is 36.8 Å². The molecule has 1 saturated carbocycles. The molecule has 1 aliphatic heterocycles. The molecule has 4 N–H and O–H groups in total. The first-order chi connectivity index (χ1) is 14.3. The second kappa shape index (κ2) is 10.2. The summed E-state index contributed by atoms with van der Waals surface area (Å²) in [6, 6.07) is 0. The van der Waals surface area contributed by atoms with Crippen LogP contribution < -0.4 is 11.2 Å². The molecule has 2 fully saturated rings. The summed E-state index contributed by atoms with van der Waals surface area (Å²) in [6.45, 7) is 1.47. The number of aryl methyl sites for hydroxylation is 1. The molecule has 0 spiro atoms. The zero-order valence-corrected chi connectivity index (χ0v) is 17.5. The van der Waals surface area contributed by atoms with Gasteiger partial charge in [-0.2, -0.15) is 0 Å². The number of hydrogen-bond acceptors (Lipinski definition) is 7. The fraction of sp³-hybridized carbons (Fsp3) is 0.810.